The number of ether oxygens (including phenoxy) is 2. The monoisotopic (exact) mass is 662 g/mol. The molecule has 0 saturated heterocycles. The van der Waals surface area contributed by atoms with E-state index in [1.54, 1.807) is 19.1 Å². The van der Waals surface area contributed by atoms with Crippen molar-refractivity contribution in [1.82, 2.24) is 10.7 Å². The van der Waals surface area contributed by atoms with Gasteiger partial charge in [-0.25, -0.2) is 9.18 Å². The number of alkyl halides is 1. The summed E-state index contributed by atoms with van der Waals surface area (Å²) >= 11 is 0. The highest BCUT2D eigenvalue weighted by Gasteiger charge is 2.76. The molecule has 6 N–H and O–H groups in total. The molecule has 0 bridgehead atoms. The van der Waals surface area contributed by atoms with Gasteiger partial charge in [0.1, 0.15) is 12.3 Å². The minimum atomic E-state index is -2.46. The second-order valence-electron chi connectivity index (χ2n) is 13.1. The van der Waals surface area contributed by atoms with E-state index in [2.05, 4.69) is 10.2 Å². The number of ketones is 2. The maximum absolute atomic E-state index is 17.2. The van der Waals surface area contributed by atoms with Crippen LogP contribution >= 0.6 is 0 Å². The number of carbonyl (C=O) groups is 4. The van der Waals surface area contributed by atoms with Gasteiger partial charge in [-0.2, -0.15) is 0 Å². The molecule has 0 heterocycles. The topological polar surface area (TPSA) is 212 Å². The Morgan fingerprint density at radius 3 is 2.47 bits per heavy atom. The summed E-state index contributed by atoms with van der Waals surface area (Å²) in [5, 5.41) is 53.1. The number of fused-ring (bicyclic) bond motifs is 5. The normalized spacial score (nSPS) is 35.8. The lowest BCUT2D eigenvalue weighted by molar-refractivity contribution is -0.492. The van der Waals surface area contributed by atoms with Crippen LogP contribution in [-0.4, -0.2) is 98.0 Å². The number of aliphatic hydroxyl groups is 3. The Labute approximate surface area is 269 Å². The summed E-state index contributed by atoms with van der Waals surface area (Å²) in [6.45, 7) is 1.51. The van der Waals surface area contributed by atoms with E-state index in [-0.39, 0.29) is 37.4 Å². The number of nitrogens with one attached hydrogen (secondary N) is 1. The number of hydrogen-bond donors (Lipinski definition) is 6. The average molecular weight is 663 g/mol. The predicted octanol–water partition coefficient (Wildman–Crippen LogP) is 1.51. The second kappa shape index (κ2) is 12.8. The van der Waals surface area contributed by atoms with Gasteiger partial charge >= 0.3 is 12.1 Å². The van der Waals surface area contributed by atoms with Crippen molar-refractivity contribution in [3.8, 4) is 5.75 Å². The third-order valence-electron chi connectivity index (χ3n) is 10.8. The quantitative estimate of drug-likeness (QED) is 0.155. The summed E-state index contributed by atoms with van der Waals surface area (Å²) in [6.07, 6.45) is 0.328. The maximum Gasteiger partial charge on any atom is 0.413 e. The number of carbonyl (C=O) groups excluding carboxylic acids is 4. The molecule has 0 aromatic heterocycles. The molecule has 1 aromatic carbocycles. The van der Waals surface area contributed by atoms with E-state index in [0.29, 0.717) is 18.4 Å². The van der Waals surface area contributed by atoms with Crippen LogP contribution in [0.5, 0.6) is 5.75 Å². The van der Waals surface area contributed by atoms with Crippen molar-refractivity contribution in [1.29, 1.82) is 0 Å². The van der Waals surface area contributed by atoms with Gasteiger partial charge in [-0.05, 0) is 74.8 Å². The largest absolute Gasteiger partial charge is 0.456 e. The minimum absolute atomic E-state index is 0.0186. The first-order valence-electron chi connectivity index (χ1n) is 15.3. The third kappa shape index (κ3) is 5.90. The van der Waals surface area contributed by atoms with Crippen LogP contribution in [0.3, 0.4) is 0 Å². The number of allylic oxidation sites excluding steroid dienone is 4. The van der Waals surface area contributed by atoms with E-state index in [4.69, 9.17) is 19.9 Å². The van der Waals surface area contributed by atoms with E-state index in [0.717, 1.165) is 5.56 Å². The highest BCUT2D eigenvalue weighted by atomic mass is 19.1. The van der Waals surface area contributed by atoms with Crippen molar-refractivity contribution < 1.29 is 63.6 Å². The van der Waals surface area contributed by atoms with Crippen molar-refractivity contribution in [3.63, 3.8) is 0 Å². The second-order valence-corrected chi connectivity index (χ2v) is 13.1. The fourth-order valence-corrected chi connectivity index (χ4v) is 8.29. The Morgan fingerprint density at radius 2 is 1.79 bits per heavy atom. The number of nitrogens with zero attached hydrogens (tertiary/aromatic N) is 1. The summed E-state index contributed by atoms with van der Waals surface area (Å²) < 4.78 is 27.3. The van der Waals surface area contributed by atoms with Crippen LogP contribution in [0.4, 0.5) is 9.18 Å². The summed E-state index contributed by atoms with van der Waals surface area (Å²) in [6, 6.07) is 6.15. The van der Waals surface area contributed by atoms with Crippen LogP contribution in [0, 0.1) is 22.7 Å². The van der Waals surface area contributed by atoms with Crippen LogP contribution in [0.2, 0.25) is 0 Å². The van der Waals surface area contributed by atoms with Gasteiger partial charge in [-0.15, -0.1) is 0 Å². The minimum Gasteiger partial charge on any atom is -0.456 e. The van der Waals surface area contributed by atoms with Crippen LogP contribution in [-0.2, 0) is 30.4 Å². The number of benzene rings is 1. The number of hydrogen-bond acceptors (Lipinski definition) is 13. The predicted molar refractivity (Wildman–Crippen MR) is 156 cm³/mol. The zero-order valence-electron chi connectivity index (χ0n) is 25.9. The van der Waals surface area contributed by atoms with Crippen molar-refractivity contribution in [2.75, 3.05) is 19.8 Å². The summed E-state index contributed by atoms with van der Waals surface area (Å²) in [7, 11) is 0. The molecule has 0 aliphatic heterocycles. The third-order valence-corrected chi connectivity index (χ3v) is 10.8. The van der Waals surface area contributed by atoms with E-state index in [1.165, 1.54) is 37.3 Å². The van der Waals surface area contributed by atoms with Crippen molar-refractivity contribution >= 4 is 23.6 Å². The van der Waals surface area contributed by atoms with Gasteiger partial charge in [0.2, 0.25) is 5.78 Å². The number of Topliss-reactive ketones (excluding diaryl/α,β-unsaturated/α-hetero) is 1. The molecule has 4 aliphatic carbocycles. The first-order chi connectivity index (χ1) is 22.1. The van der Waals surface area contributed by atoms with Crippen molar-refractivity contribution in [2.45, 2.75) is 69.4 Å². The molecule has 47 heavy (non-hydrogen) atoms. The summed E-state index contributed by atoms with van der Waals surface area (Å²) in [5.74, 6) is -3.75. The summed E-state index contributed by atoms with van der Waals surface area (Å²) in [4.78, 5) is 54.5. The van der Waals surface area contributed by atoms with Gasteiger partial charge < -0.3 is 30.1 Å². The number of amides is 1. The molecule has 1 amide bonds. The van der Waals surface area contributed by atoms with Gasteiger partial charge in [-0.3, -0.25) is 29.6 Å². The molecule has 0 radical (unpaired) electrons. The highest BCUT2D eigenvalue weighted by Crippen LogP contribution is 2.69. The smallest absolute Gasteiger partial charge is 0.413 e. The molecule has 4 aliphatic rings. The lowest BCUT2D eigenvalue weighted by Gasteiger charge is -2.62. The molecular formula is C32H39FN2O12. The Balaban J connectivity index is 1.17. The molecular weight excluding hydrogens is 623 g/mol. The fourth-order valence-electron chi connectivity index (χ4n) is 8.29. The standard InChI is InChI=1S/C32H39FN2O12/c1-29-11-9-20(36)13-19(29)5-8-22-23-14-24(37)32(42,30(23,2)15-25(38)31(22,29)33)26(39)17-45-27(40)16-34-28(41)47-21-6-3-18(4-7-21)10-12-46-35(43)44/h3-4,6-7,9,11,13,22-25,37-38,42-44H,5,8,10,12,14-17H2,1-2H3,(H,34,41)/t22-,23-,24+,25-,29-,30-,31-,32-/m0/s1. The molecule has 3 saturated carbocycles. The molecule has 0 spiro atoms. The molecule has 0 unspecified atom stereocenters. The van der Waals surface area contributed by atoms with Gasteiger partial charge in [0.25, 0.3) is 0 Å². The van der Waals surface area contributed by atoms with E-state index >= 15 is 4.39 Å². The maximum atomic E-state index is 17.2. The van der Waals surface area contributed by atoms with Crippen LogP contribution in [0.1, 0.15) is 45.1 Å². The van der Waals surface area contributed by atoms with Gasteiger partial charge in [0, 0.05) is 16.7 Å². The lowest BCUT2D eigenvalue weighted by Crippen LogP contribution is -2.69. The molecule has 15 heteroatoms. The lowest BCUT2D eigenvalue weighted by atomic mass is 9.44. The highest BCUT2D eigenvalue weighted by molar-refractivity contribution is 6.01. The molecule has 14 nitrogen and oxygen atoms in total. The van der Waals surface area contributed by atoms with E-state index < -0.39 is 82.5 Å². The number of halogens is 1. The number of aliphatic hydroxyl groups excluding tert-OH is 2. The zero-order valence-corrected chi connectivity index (χ0v) is 25.9. The average Bonchev–Trinajstić information content (AvgIpc) is 3.22. The van der Waals surface area contributed by atoms with Gasteiger partial charge in [-0.1, -0.05) is 30.7 Å². The van der Waals surface area contributed by atoms with Crippen molar-refractivity contribution in [3.05, 3.63) is 53.6 Å². The van der Waals surface area contributed by atoms with E-state index in [9.17, 15) is 34.5 Å². The zero-order chi connectivity index (χ0) is 34.4. The molecule has 1 aromatic rings. The molecule has 256 valence electrons. The van der Waals surface area contributed by atoms with Crippen molar-refractivity contribution in [2.24, 2.45) is 22.7 Å². The van der Waals surface area contributed by atoms with Gasteiger partial charge in [0.05, 0.1) is 24.2 Å². The first kappa shape index (κ1) is 34.8. The molecule has 5 rings (SSSR count). The number of rotatable bonds is 10. The Kier molecular flexibility index (Phi) is 9.47. The first-order valence-corrected chi connectivity index (χ1v) is 15.3. The van der Waals surface area contributed by atoms with E-state index in [1.807, 2.05) is 0 Å². The van der Waals surface area contributed by atoms with Crippen LogP contribution in [0.15, 0.2) is 48.1 Å². The molecule has 3 fully saturated rings. The Morgan fingerprint density at radius 1 is 1.09 bits per heavy atom. The Hall–Kier alpha value is -3.57. The number of esters is 1. The van der Waals surface area contributed by atoms with Crippen LogP contribution in [0.25, 0.3) is 0 Å². The fraction of sp³-hybridized carbons (Fsp3) is 0.562. The van der Waals surface area contributed by atoms with Crippen LogP contribution < -0.4 is 10.1 Å². The van der Waals surface area contributed by atoms with Gasteiger partial charge in [0.15, 0.2) is 23.7 Å². The summed E-state index contributed by atoms with van der Waals surface area (Å²) in [5.41, 5.74) is -6.13. The molecule has 8 atom stereocenters. The Bertz CT molecular complexity index is 1480. The SMILES string of the molecule is C[C@]12C=CC(=O)C=C1CC[C@H]1[C@@H]3C[C@@H](O)[C@](O)(C(=O)COC(=O)CNC(=O)Oc4ccc(CCON(O)O)cc4)[C@@]3(C)C[C@H](O)[C@@]12F.